The molecule has 7 unspecified atom stereocenters. The number of hydrogen-bond acceptors (Lipinski definition) is 5. The predicted octanol–water partition coefficient (Wildman–Crippen LogP) is 4.77. The van der Waals surface area contributed by atoms with Crippen molar-refractivity contribution in [2.24, 2.45) is 23.7 Å². The van der Waals surface area contributed by atoms with Crippen molar-refractivity contribution < 1.29 is 24.1 Å². The number of allylic oxidation sites excluding steroid dienone is 1. The highest BCUT2D eigenvalue weighted by molar-refractivity contribution is 5.69. The van der Waals surface area contributed by atoms with Crippen LogP contribution in [0.1, 0.15) is 84.0 Å². The van der Waals surface area contributed by atoms with Gasteiger partial charge in [0.2, 0.25) is 0 Å². The van der Waals surface area contributed by atoms with Gasteiger partial charge in [-0.25, -0.2) is 0 Å². The maximum atomic E-state index is 12.2. The Bertz CT molecular complexity index is 602. The standard InChI is InChI=1S/C25H40O5/c1-17(10-18-6-3-7-22(26)14-18)8-9-24(27)28-15-23-16-29-25(30-23)21-12-19-4-2-5-20(11-19)13-21/h12,17-18,20-23,25-26H,2-11,13-16H2,1H3. The average Bonchev–Trinajstić information content (AvgIpc) is 3.20. The van der Waals surface area contributed by atoms with Crippen LogP contribution in [0.5, 0.6) is 0 Å². The molecule has 2 saturated carbocycles. The van der Waals surface area contributed by atoms with E-state index in [0.29, 0.717) is 37.4 Å². The molecule has 3 aliphatic carbocycles. The molecule has 170 valence electrons. The van der Waals surface area contributed by atoms with E-state index in [-0.39, 0.29) is 24.5 Å². The normalized spacial score (nSPS) is 37.5. The molecule has 5 nitrogen and oxygen atoms in total. The second-order valence-corrected chi connectivity index (χ2v) is 10.4. The summed E-state index contributed by atoms with van der Waals surface area (Å²) in [5, 5.41) is 9.83. The third kappa shape index (κ3) is 6.30. The zero-order chi connectivity index (χ0) is 20.9. The third-order valence-electron chi connectivity index (χ3n) is 7.60. The summed E-state index contributed by atoms with van der Waals surface area (Å²) in [5.74, 6) is 2.12. The number of rotatable bonds is 8. The van der Waals surface area contributed by atoms with E-state index in [2.05, 4.69) is 13.0 Å². The monoisotopic (exact) mass is 420 g/mol. The fourth-order valence-electron chi connectivity index (χ4n) is 6.06. The highest BCUT2D eigenvalue weighted by atomic mass is 16.7. The van der Waals surface area contributed by atoms with Crippen molar-refractivity contribution in [2.75, 3.05) is 13.2 Å². The number of carbonyl (C=O) groups is 1. The van der Waals surface area contributed by atoms with E-state index in [4.69, 9.17) is 14.2 Å². The van der Waals surface area contributed by atoms with Gasteiger partial charge in [-0.05, 0) is 75.5 Å². The summed E-state index contributed by atoms with van der Waals surface area (Å²) in [4.78, 5) is 12.2. The van der Waals surface area contributed by atoms with Crippen molar-refractivity contribution in [3.8, 4) is 0 Å². The predicted molar refractivity (Wildman–Crippen MR) is 115 cm³/mol. The zero-order valence-corrected chi connectivity index (χ0v) is 18.6. The van der Waals surface area contributed by atoms with E-state index in [1.807, 2.05) is 0 Å². The Kier molecular flexibility index (Phi) is 7.88. The Morgan fingerprint density at radius 3 is 3.00 bits per heavy atom. The second kappa shape index (κ2) is 10.6. The maximum absolute atomic E-state index is 12.2. The first-order valence-corrected chi connectivity index (χ1v) is 12.4. The van der Waals surface area contributed by atoms with Crippen LogP contribution in [0.3, 0.4) is 0 Å². The summed E-state index contributed by atoms with van der Waals surface area (Å²) in [6.45, 7) is 3.02. The van der Waals surface area contributed by atoms with E-state index < -0.39 is 0 Å². The van der Waals surface area contributed by atoms with Gasteiger partial charge >= 0.3 is 5.97 Å². The molecule has 0 aromatic heterocycles. The number of aliphatic hydroxyl groups excluding tert-OH is 1. The van der Waals surface area contributed by atoms with Gasteiger partial charge in [0.05, 0.1) is 12.7 Å². The fraction of sp³-hybridized carbons (Fsp3) is 0.880. The first-order chi connectivity index (χ1) is 14.5. The summed E-state index contributed by atoms with van der Waals surface area (Å²) in [6, 6.07) is 0. The van der Waals surface area contributed by atoms with Crippen LogP contribution in [-0.4, -0.2) is 42.8 Å². The molecule has 0 aromatic carbocycles. The van der Waals surface area contributed by atoms with Gasteiger partial charge in [0.1, 0.15) is 12.7 Å². The lowest BCUT2D eigenvalue weighted by Gasteiger charge is -2.34. The van der Waals surface area contributed by atoms with Gasteiger partial charge in [0.15, 0.2) is 6.29 Å². The lowest BCUT2D eigenvalue weighted by molar-refractivity contribution is -0.149. The summed E-state index contributed by atoms with van der Waals surface area (Å²) in [7, 11) is 0. The molecular weight excluding hydrogens is 380 g/mol. The lowest BCUT2D eigenvalue weighted by Crippen LogP contribution is -2.29. The van der Waals surface area contributed by atoms with Gasteiger partial charge in [-0.15, -0.1) is 0 Å². The van der Waals surface area contributed by atoms with Crippen molar-refractivity contribution in [1.29, 1.82) is 0 Å². The minimum Gasteiger partial charge on any atom is -0.463 e. The van der Waals surface area contributed by atoms with Crippen LogP contribution < -0.4 is 0 Å². The van der Waals surface area contributed by atoms with Crippen LogP contribution in [-0.2, 0) is 19.0 Å². The van der Waals surface area contributed by atoms with Crippen molar-refractivity contribution in [3.63, 3.8) is 0 Å². The molecule has 4 aliphatic rings. The molecule has 30 heavy (non-hydrogen) atoms. The summed E-state index contributed by atoms with van der Waals surface area (Å²) < 4.78 is 17.5. The molecule has 0 aromatic rings. The van der Waals surface area contributed by atoms with Crippen molar-refractivity contribution in [2.45, 2.75) is 102 Å². The molecule has 0 spiro atoms. The average molecular weight is 421 g/mol. The minimum absolute atomic E-state index is 0.122. The Morgan fingerprint density at radius 2 is 2.17 bits per heavy atom. The number of ether oxygens (including phenoxy) is 3. The Labute approximate surface area is 181 Å². The van der Waals surface area contributed by atoms with E-state index >= 15 is 0 Å². The molecule has 1 N–H and O–H groups in total. The van der Waals surface area contributed by atoms with Crippen LogP contribution >= 0.6 is 0 Å². The zero-order valence-electron chi connectivity index (χ0n) is 18.6. The molecule has 5 heteroatoms. The SMILES string of the molecule is CC(CCC(=O)OCC1COC(C2C=C3CCCC(C3)C2)O1)CC1CCCC(O)C1. The first-order valence-electron chi connectivity index (χ1n) is 12.4. The number of fused-ring (bicyclic) bond motifs is 2. The van der Waals surface area contributed by atoms with Crippen molar-refractivity contribution in [1.82, 2.24) is 0 Å². The van der Waals surface area contributed by atoms with Crippen molar-refractivity contribution >= 4 is 5.97 Å². The summed E-state index contributed by atoms with van der Waals surface area (Å²) in [5.41, 5.74) is 1.58. The van der Waals surface area contributed by atoms with E-state index in [0.717, 1.165) is 44.4 Å². The Hall–Kier alpha value is -0.910. The molecule has 0 amide bonds. The number of hydrogen-bond donors (Lipinski definition) is 1. The lowest BCUT2D eigenvalue weighted by atomic mass is 9.74. The van der Waals surface area contributed by atoms with Crippen LogP contribution in [0.15, 0.2) is 11.6 Å². The van der Waals surface area contributed by atoms with E-state index in [1.54, 1.807) is 5.57 Å². The van der Waals surface area contributed by atoms with Gasteiger partial charge < -0.3 is 19.3 Å². The molecule has 2 bridgehead atoms. The fourth-order valence-corrected chi connectivity index (χ4v) is 6.06. The largest absolute Gasteiger partial charge is 0.463 e. The quantitative estimate of drug-likeness (QED) is 0.453. The summed E-state index contributed by atoms with van der Waals surface area (Å²) in [6.07, 6.45) is 14.9. The van der Waals surface area contributed by atoms with Crippen LogP contribution in [0.2, 0.25) is 0 Å². The molecule has 1 aliphatic heterocycles. The van der Waals surface area contributed by atoms with E-state index in [1.165, 1.54) is 32.1 Å². The van der Waals surface area contributed by atoms with Gasteiger partial charge in [-0.1, -0.05) is 31.4 Å². The molecular formula is C25H40O5. The molecule has 1 heterocycles. The maximum Gasteiger partial charge on any atom is 0.305 e. The molecule has 1 saturated heterocycles. The highest BCUT2D eigenvalue weighted by Crippen LogP contribution is 2.41. The van der Waals surface area contributed by atoms with Gasteiger partial charge in [-0.2, -0.15) is 0 Å². The second-order valence-electron chi connectivity index (χ2n) is 10.4. The number of aliphatic hydroxyl groups is 1. The van der Waals surface area contributed by atoms with Gasteiger partial charge in [0.25, 0.3) is 0 Å². The topological polar surface area (TPSA) is 65.0 Å². The summed E-state index contributed by atoms with van der Waals surface area (Å²) >= 11 is 0. The minimum atomic E-state index is -0.171. The smallest absolute Gasteiger partial charge is 0.305 e. The number of esters is 1. The first kappa shape index (κ1) is 22.3. The highest BCUT2D eigenvalue weighted by Gasteiger charge is 2.36. The molecule has 7 atom stereocenters. The molecule has 0 radical (unpaired) electrons. The van der Waals surface area contributed by atoms with Crippen LogP contribution in [0.25, 0.3) is 0 Å². The molecule has 4 rings (SSSR count). The van der Waals surface area contributed by atoms with Crippen LogP contribution in [0.4, 0.5) is 0 Å². The molecule has 3 fully saturated rings. The van der Waals surface area contributed by atoms with Crippen LogP contribution in [0, 0.1) is 23.7 Å². The Morgan fingerprint density at radius 1 is 1.27 bits per heavy atom. The Balaban J connectivity index is 1.11. The van der Waals surface area contributed by atoms with Crippen molar-refractivity contribution in [3.05, 3.63) is 11.6 Å². The number of carbonyl (C=O) groups excluding carboxylic acids is 1. The van der Waals surface area contributed by atoms with Gasteiger partial charge in [0, 0.05) is 12.3 Å². The van der Waals surface area contributed by atoms with Gasteiger partial charge in [-0.3, -0.25) is 4.79 Å². The third-order valence-corrected chi connectivity index (χ3v) is 7.60. The van der Waals surface area contributed by atoms with E-state index in [9.17, 15) is 9.90 Å².